The molecule has 1 aromatic rings. The molecule has 2 aliphatic heterocycles. The first kappa shape index (κ1) is 18.2. The normalized spacial score (nSPS) is 23.9. The highest BCUT2D eigenvalue weighted by atomic mass is 19.3. The maximum Gasteiger partial charge on any atom is 0.249 e. The van der Waals surface area contributed by atoms with Gasteiger partial charge in [-0.3, -0.25) is 9.59 Å². The fourth-order valence-electron chi connectivity index (χ4n) is 4.21. The molecule has 3 aliphatic rings. The average molecular weight is 377 g/mol. The summed E-state index contributed by atoms with van der Waals surface area (Å²) in [5.74, 6) is -3.37. The van der Waals surface area contributed by atoms with Crippen LogP contribution in [0.4, 0.5) is 14.5 Å². The van der Waals surface area contributed by atoms with Gasteiger partial charge in [-0.25, -0.2) is 8.78 Å². The highest BCUT2D eigenvalue weighted by molar-refractivity contribution is 5.90. The summed E-state index contributed by atoms with van der Waals surface area (Å²) in [5.41, 5.74) is 0.145. The number of halogens is 2. The van der Waals surface area contributed by atoms with Crippen molar-refractivity contribution in [3.05, 3.63) is 30.3 Å². The van der Waals surface area contributed by atoms with Crippen LogP contribution in [-0.2, 0) is 9.59 Å². The number of nitrogens with one attached hydrogen (secondary N) is 1. The minimum atomic E-state index is -2.69. The molecule has 4 rings (SSSR count). The Morgan fingerprint density at radius 1 is 0.963 bits per heavy atom. The minimum absolute atomic E-state index is 0.0832. The Labute approximate surface area is 157 Å². The standard InChI is InChI=1S/C20H25F2N3O2/c21-20(22)13-15(14-20)17(26)24-11-7-19(8-12-24,18(27)25-9-4-10-25)23-16-5-2-1-3-6-16/h1-3,5-6,15,23H,4,7-14H2. The van der Waals surface area contributed by atoms with Gasteiger partial charge in [-0.1, -0.05) is 18.2 Å². The summed E-state index contributed by atoms with van der Waals surface area (Å²) >= 11 is 0. The molecule has 2 heterocycles. The summed E-state index contributed by atoms with van der Waals surface area (Å²) in [5, 5.41) is 3.42. The third-order valence-corrected chi connectivity index (χ3v) is 6.08. The van der Waals surface area contributed by atoms with E-state index in [1.807, 2.05) is 35.2 Å². The molecule has 1 N–H and O–H groups in total. The van der Waals surface area contributed by atoms with Gasteiger partial charge in [0.25, 0.3) is 0 Å². The quantitative estimate of drug-likeness (QED) is 0.878. The molecule has 0 spiro atoms. The minimum Gasteiger partial charge on any atom is -0.371 e. The highest BCUT2D eigenvalue weighted by Gasteiger charge is 2.51. The molecule has 1 aromatic carbocycles. The van der Waals surface area contributed by atoms with Gasteiger partial charge in [0.15, 0.2) is 0 Å². The second-order valence-electron chi connectivity index (χ2n) is 8.01. The van der Waals surface area contributed by atoms with Crippen LogP contribution < -0.4 is 5.32 Å². The maximum absolute atomic E-state index is 13.1. The van der Waals surface area contributed by atoms with E-state index in [4.69, 9.17) is 0 Å². The van der Waals surface area contributed by atoms with Gasteiger partial charge >= 0.3 is 0 Å². The molecule has 0 unspecified atom stereocenters. The lowest BCUT2D eigenvalue weighted by Gasteiger charge is -2.47. The Morgan fingerprint density at radius 3 is 2.11 bits per heavy atom. The number of hydrogen-bond donors (Lipinski definition) is 1. The van der Waals surface area contributed by atoms with Gasteiger partial charge in [-0.2, -0.15) is 0 Å². The predicted molar refractivity (Wildman–Crippen MR) is 97.5 cm³/mol. The number of likely N-dealkylation sites (tertiary alicyclic amines) is 2. The number of anilines is 1. The Bertz CT molecular complexity index is 705. The van der Waals surface area contributed by atoms with Crippen LogP contribution in [0, 0.1) is 5.92 Å². The zero-order valence-corrected chi connectivity index (χ0v) is 15.3. The van der Waals surface area contributed by atoms with Gasteiger partial charge in [0, 0.05) is 50.6 Å². The van der Waals surface area contributed by atoms with E-state index in [0.717, 1.165) is 25.2 Å². The summed E-state index contributed by atoms with van der Waals surface area (Å²) < 4.78 is 26.2. The molecule has 0 atom stereocenters. The van der Waals surface area contributed by atoms with E-state index in [9.17, 15) is 18.4 Å². The number of nitrogens with zero attached hydrogens (tertiary/aromatic N) is 2. The van der Waals surface area contributed by atoms with Gasteiger partial charge < -0.3 is 15.1 Å². The lowest BCUT2D eigenvalue weighted by atomic mass is 9.79. The third-order valence-electron chi connectivity index (χ3n) is 6.08. The molecule has 0 radical (unpaired) electrons. The van der Waals surface area contributed by atoms with Crippen molar-refractivity contribution in [3.63, 3.8) is 0 Å². The van der Waals surface area contributed by atoms with Crippen molar-refractivity contribution in [3.8, 4) is 0 Å². The number of carbonyl (C=O) groups is 2. The second kappa shape index (κ2) is 6.77. The van der Waals surface area contributed by atoms with Crippen LogP contribution in [0.1, 0.15) is 32.1 Å². The molecular formula is C20H25F2N3O2. The molecule has 2 amide bonds. The van der Waals surface area contributed by atoms with Crippen molar-refractivity contribution in [2.75, 3.05) is 31.5 Å². The van der Waals surface area contributed by atoms with Gasteiger partial charge in [0.05, 0.1) is 0 Å². The van der Waals surface area contributed by atoms with Crippen LogP contribution in [-0.4, -0.2) is 59.3 Å². The monoisotopic (exact) mass is 377 g/mol. The maximum atomic E-state index is 13.1. The molecule has 1 saturated carbocycles. The van der Waals surface area contributed by atoms with Crippen molar-refractivity contribution in [1.82, 2.24) is 9.80 Å². The summed E-state index contributed by atoms with van der Waals surface area (Å²) in [4.78, 5) is 29.1. The smallest absolute Gasteiger partial charge is 0.249 e. The van der Waals surface area contributed by atoms with Crippen LogP contribution >= 0.6 is 0 Å². The summed E-state index contributed by atoms with van der Waals surface area (Å²) in [6.07, 6.45) is 1.32. The SMILES string of the molecule is O=C(C1CC(F)(F)C1)N1CCC(Nc2ccccc2)(C(=O)N2CCC2)CC1. The van der Waals surface area contributed by atoms with E-state index >= 15 is 0 Å². The fraction of sp³-hybridized carbons (Fsp3) is 0.600. The molecule has 27 heavy (non-hydrogen) atoms. The number of carbonyl (C=O) groups excluding carboxylic acids is 2. The lowest BCUT2D eigenvalue weighted by molar-refractivity contribution is -0.162. The lowest BCUT2D eigenvalue weighted by Crippen LogP contribution is -2.62. The Morgan fingerprint density at radius 2 is 1.59 bits per heavy atom. The Balaban J connectivity index is 1.45. The summed E-state index contributed by atoms with van der Waals surface area (Å²) in [6.45, 7) is 2.38. The first-order valence-corrected chi connectivity index (χ1v) is 9.68. The molecule has 7 heteroatoms. The average Bonchev–Trinajstić information content (AvgIpc) is 2.59. The number of alkyl halides is 2. The van der Waals surface area contributed by atoms with Crippen molar-refractivity contribution >= 4 is 17.5 Å². The van der Waals surface area contributed by atoms with Gasteiger partial charge in [0.1, 0.15) is 5.54 Å². The van der Waals surface area contributed by atoms with Crippen molar-refractivity contribution in [2.24, 2.45) is 5.92 Å². The van der Waals surface area contributed by atoms with Gasteiger partial charge in [-0.05, 0) is 31.4 Å². The number of benzene rings is 1. The van der Waals surface area contributed by atoms with Crippen LogP contribution in [0.2, 0.25) is 0 Å². The van der Waals surface area contributed by atoms with Crippen LogP contribution in [0.3, 0.4) is 0 Å². The molecule has 5 nitrogen and oxygen atoms in total. The third kappa shape index (κ3) is 3.51. The van der Waals surface area contributed by atoms with E-state index in [1.165, 1.54) is 0 Å². The number of amides is 2. The van der Waals surface area contributed by atoms with E-state index in [-0.39, 0.29) is 24.7 Å². The molecule has 2 saturated heterocycles. The predicted octanol–water partition coefficient (Wildman–Crippen LogP) is 2.74. The van der Waals surface area contributed by atoms with E-state index in [1.54, 1.807) is 4.90 Å². The number of rotatable bonds is 4. The summed E-state index contributed by atoms with van der Waals surface area (Å²) in [7, 11) is 0. The Hall–Kier alpha value is -2.18. The summed E-state index contributed by atoms with van der Waals surface area (Å²) in [6, 6.07) is 9.61. The van der Waals surface area contributed by atoms with E-state index in [0.29, 0.717) is 25.9 Å². The Kier molecular flexibility index (Phi) is 4.56. The largest absolute Gasteiger partial charge is 0.371 e. The first-order chi connectivity index (χ1) is 12.9. The van der Waals surface area contributed by atoms with Gasteiger partial charge in [0.2, 0.25) is 17.7 Å². The topological polar surface area (TPSA) is 52.7 Å². The number of piperidine rings is 1. The number of para-hydroxylation sites is 1. The zero-order chi connectivity index (χ0) is 19.1. The molecule has 146 valence electrons. The molecule has 0 aromatic heterocycles. The second-order valence-corrected chi connectivity index (χ2v) is 8.01. The van der Waals surface area contributed by atoms with E-state index in [2.05, 4.69) is 5.32 Å². The van der Waals surface area contributed by atoms with Crippen molar-refractivity contribution < 1.29 is 18.4 Å². The van der Waals surface area contributed by atoms with Crippen molar-refractivity contribution in [1.29, 1.82) is 0 Å². The molecule has 3 fully saturated rings. The highest BCUT2D eigenvalue weighted by Crippen LogP contribution is 2.43. The van der Waals surface area contributed by atoms with Crippen LogP contribution in [0.25, 0.3) is 0 Å². The van der Waals surface area contributed by atoms with Gasteiger partial charge in [-0.15, -0.1) is 0 Å². The van der Waals surface area contributed by atoms with E-state index < -0.39 is 17.4 Å². The molecule has 0 bridgehead atoms. The van der Waals surface area contributed by atoms with Crippen LogP contribution in [0.15, 0.2) is 30.3 Å². The molecular weight excluding hydrogens is 352 g/mol. The number of hydrogen-bond acceptors (Lipinski definition) is 3. The van der Waals surface area contributed by atoms with Crippen LogP contribution in [0.5, 0.6) is 0 Å². The first-order valence-electron chi connectivity index (χ1n) is 9.68. The fourth-order valence-corrected chi connectivity index (χ4v) is 4.21. The molecule has 1 aliphatic carbocycles. The van der Waals surface area contributed by atoms with Crippen molar-refractivity contribution in [2.45, 2.75) is 43.6 Å². The zero-order valence-electron chi connectivity index (χ0n) is 15.3.